The summed E-state index contributed by atoms with van der Waals surface area (Å²) in [6.07, 6.45) is -6.07. The lowest BCUT2D eigenvalue weighted by molar-refractivity contribution is -0.254. The second kappa shape index (κ2) is 12.5. The fourth-order valence-electron chi connectivity index (χ4n) is 3.97. The molecular weight excluding hydrogens is 504 g/mol. The number of hydrogen-bond acceptors (Lipinski definition) is 10. The van der Waals surface area contributed by atoms with E-state index in [1.54, 1.807) is 0 Å². The van der Waals surface area contributed by atoms with Gasteiger partial charge in [-0.15, -0.1) is 0 Å². The van der Waals surface area contributed by atoms with Crippen LogP contribution in [0.3, 0.4) is 0 Å². The Kier molecular flexibility index (Phi) is 9.36. The van der Waals surface area contributed by atoms with Gasteiger partial charge in [-0.1, -0.05) is 36.4 Å². The number of anilines is 1. The quantitative estimate of drug-likeness (QED) is 0.307. The van der Waals surface area contributed by atoms with E-state index < -0.39 is 54.5 Å². The molecule has 11 nitrogen and oxygen atoms in total. The molecule has 0 amide bonds. The maximum Gasteiger partial charge on any atom is 0.303 e. The maximum absolute atomic E-state index is 12.0. The van der Waals surface area contributed by atoms with E-state index >= 15 is 0 Å². The summed E-state index contributed by atoms with van der Waals surface area (Å²) in [7, 11) is 0. The summed E-state index contributed by atoms with van der Waals surface area (Å²) in [5.74, 6) is -2.73. The number of fused-ring (bicyclic) bond motifs is 1. The zero-order valence-corrected chi connectivity index (χ0v) is 21.5. The van der Waals surface area contributed by atoms with E-state index in [-0.39, 0.29) is 11.7 Å². The Hall–Kier alpha value is -3.77. The third-order valence-corrected chi connectivity index (χ3v) is 5.52. The topological polar surface area (TPSA) is 138 Å². The first-order valence-electron chi connectivity index (χ1n) is 11.4. The number of carbonyl (C=O) groups excluding carboxylic acids is 4. The Bertz CT molecular complexity index is 1180. The van der Waals surface area contributed by atoms with Crippen LogP contribution in [0.2, 0.25) is 0 Å². The number of ether oxygens (including phenoxy) is 5. The summed E-state index contributed by atoms with van der Waals surface area (Å²) < 4.78 is 27.3. The van der Waals surface area contributed by atoms with Gasteiger partial charge in [0.1, 0.15) is 12.7 Å². The highest BCUT2D eigenvalue weighted by Crippen LogP contribution is 2.29. The average molecular weight is 533 g/mol. The number of thiocarbonyl (C=S) groups is 1. The first-order valence-corrected chi connectivity index (χ1v) is 11.8. The molecule has 5 atom stereocenters. The van der Waals surface area contributed by atoms with Crippen LogP contribution in [0.4, 0.5) is 5.69 Å². The van der Waals surface area contributed by atoms with Gasteiger partial charge in [-0.25, -0.2) is 0 Å². The highest BCUT2D eigenvalue weighted by molar-refractivity contribution is 7.80. The lowest BCUT2D eigenvalue weighted by Crippen LogP contribution is -2.66. The van der Waals surface area contributed by atoms with E-state index in [2.05, 4.69) is 10.6 Å². The van der Waals surface area contributed by atoms with Crippen LogP contribution in [0.5, 0.6) is 0 Å². The van der Waals surface area contributed by atoms with E-state index in [4.69, 9.17) is 35.9 Å². The van der Waals surface area contributed by atoms with Crippen molar-refractivity contribution in [2.75, 3.05) is 11.9 Å². The molecule has 0 unspecified atom stereocenters. The van der Waals surface area contributed by atoms with Crippen molar-refractivity contribution in [2.45, 2.75) is 58.3 Å². The van der Waals surface area contributed by atoms with Crippen LogP contribution >= 0.6 is 12.2 Å². The number of carbonyl (C=O) groups is 4. The van der Waals surface area contributed by atoms with E-state index in [9.17, 15) is 19.2 Å². The zero-order valence-electron chi connectivity index (χ0n) is 20.7. The van der Waals surface area contributed by atoms with Crippen LogP contribution in [0.25, 0.3) is 10.8 Å². The molecule has 1 heterocycles. The zero-order chi connectivity index (χ0) is 27.1. The van der Waals surface area contributed by atoms with Crippen LogP contribution in [0, 0.1) is 0 Å². The molecule has 37 heavy (non-hydrogen) atoms. The summed E-state index contributed by atoms with van der Waals surface area (Å²) in [6, 6.07) is 13.3. The molecule has 3 rings (SSSR count). The van der Waals surface area contributed by atoms with Gasteiger partial charge in [0.15, 0.2) is 29.7 Å². The third-order valence-electron chi connectivity index (χ3n) is 5.30. The van der Waals surface area contributed by atoms with Crippen molar-refractivity contribution in [1.82, 2.24) is 5.32 Å². The molecule has 1 aliphatic rings. The highest BCUT2D eigenvalue weighted by atomic mass is 32.1. The minimum absolute atomic E-state index is 0.109. The smallest absolute Gasteiger partial charge is 0.303 e. The van der Waals surface area contributed by atoms with Crippen molar-refractivity contribution < 1.29 is 42.9 Å². The number of nitrogens with one attached hydrogen (secondary N) is 2. The fourth-order valence-corrected chi connectivity index (χ4v) is 4.19. The van der Waals surface area contributed by atoms with E-state index in [1.165, 1.54) is 13.8 Å². The third kappa shape index (κ3) is 7.61. The Morgan fingerprint density at radius 3 is 2.05 bits per heavy atom. The summed E-state index contributed by atoms with van der Waals surface area (Å²) in [6.45, 7) is 4.34. The largest absolute Gasteiger partial charge is 0.463 e. The van der Waals surface area contributed by atoms with Gasteiger partial charge >= 0.3 is 23.9 Å². The highest BCUT2D eigenvalue weighted by Gasteiger charge is 2.52. The molecule has 0 aliphatic carbocycles. The summed E-state index contributed by atoms with van der Waals surface area (Å²) in [4.78, 5) is 47.2. The summed E-state index contributed by atoms with van der Waals surface area (Å²) in [5, 5.41) is 8.03. The lowest BCUT2D eigenvalue weighted by atomic mass is 9.97. The normalized spacial score (nSPS) is 22.9. The second-order valence-corrected chi connectivity index (χ2v) is 8.65. The molecule has 198 valence electrons. The van der Waals surface area contributed by atoms with Crippen molar-refractivity contribution in [3.8, 4) is 0 Å². The van der Waals surface area contributed by atoms with Gasteiger partial charge in [-0.2, -0.15) is 0 Å². The molecule has 0 aromatic heterocycles. The van der Waals surface area contributed by atoms with Gasteiger partial charge in [0.25, 0.3) is 0 Å². The minimum atomic E-state index is -1.29. The number of benzene rings is 2. The van der Waals surface area contributed by atoms with Gasteiger partial charge in [-0.3, -0.25) is 19.2 Å². The summed E-state index contributed by atoms with van der Waals surface area (Å²) >= 11 is 5.50. The standard InChI is InChI=1S/C25H28N2O9S/c1-13(28)32-12-20-21(33-14(2)29)22(34-15(3)30)23(35-16(4)31)24(36-20)27-25(37)26-19-11-7-9-17-8-5-6-10-18(17)19/h5-11,20-24H,12H2,1-4H3,(H2,26,27,37)/t20-,21+,22+,23+,24-/m0/s1. The Labute approximate surface area is 218 Å². The molecule has 0 spiro atoms. The molecule has 2 aromatic carbocycles. The van der Waals surface area contributed by atoms with Gasteiger partial charge in [0.05, 0.1) is 0 Å². The number of rotatable bonds is 7. The van der Waals surface area contributed by atoms with Gasteiger partial charge < -0.3 is 34.3 Å². The fraction of sp³-hybridized carbons (Fsp3) is 0.400. The molecule has 1 saturated heterocycles. The van der Waals surface area contributed by atoms with Crippen molar-refractivity contribution in [3.05, 3.63) is 42.5 Å². The van der Waals surface area contributed by atoms with Crippen LogP contribution < -0.4 is 10.6 Å². The van der Waals surface area contributed by atoms with Gasteiger partial charge in [0.2, 0.25) is 0 Å². The molecule has 1 aliphatic heterocycles. The van der Waals surface area contributed by atoms with E-state index in [0.29, 0.717) is 5.69 Å². The first kappa shape index (κ1) is 27.8. The number of hydrogen-bond donors (Lipinski definition) is 2. The second-order valence-electron chi connectivity index (χ2n) is 8.25. The van der Waals surface area contributed by atoms with Crippen molar-refractivity contribution in [3.63, 3.8) is 0 Å². The molecule has 0 radical (unpaired) electrons. The van der Waals surface area contributed by atoms with Crippen LogP contribution in [-0.4, -0.2) is 66.2 Å². The van der Waals surface area contributed by atoms with Gasteiger partial charge in [0, 0.05) is 38.8 Å². The SMILES string of the molecule is CC(=O)OC[C@@H]1O[C@H](NC(=S)Nc2cccc3ccccc23)[C@H](OC(C)=O)[C@H](OC(C)=O)[C@@H]1OC(C)=O. The van der Waals surface area contributed by atoms with Crippen LogP contribution in [0.1, 0.15) is 27.7 Å². The van der Waals surface area contributed by atoms with E-state index in [0.717, 1.165) is 24.6 Å². The van der Waals surface area contributed by atoms with Crippen LogP contribution in [0.15, 0.2) is 42.5 Å². The van der Waals surface area contributed by atoms with Crippen molar-refractivity contribution in [1.29, 1.82) is 0 Å². The monoisotopic (exact) mass is 532 g/mol. The van der Waals surface area contributed by atoms with Crippen LogP contribution in [-0.2, 0) is 42.9 Å². The Morgan fingerprint density at radius 2 is 1.41 bits per heavy atom. The molecule has 0 saturated carbocycles. The predicted molar refractivity (Wildman–Crippen MR) is 135 cm³/mol. The molecular formula is C25H28N2O9S. The molecule has 12 heteroatoms. The lowest BCUT2D eigenvalue weighted by Gasteiger charge is -2.44. The Balaban J connectivity index is 1.91. The maximum atomic E-state index is 12.0. The minimum Gasteiger partial charge on any atom is -0.463 e. The van der Waals surface area contributed by atoms with E-state index in [1.807, 2.05) is 42.5 Å². The molecule has 0 bridgehead atoms. The van der Waals surface area contributed by atoms with Crippen molar-refractivity contribution in [2.24, 2.45) is 0 Å². The molecule has 2 aromatic rings. The van der Waals surface area contributed by atoms with Crippen molar-refractivity contribution >= 4 is 57.7 Å². The average Bonchev–Trinajstić information content (AvgIpc) is 2.81. The predicted octanol–water partition coefficient (Wildman–Crippen LogP) is 2.21. The molecule has 2 N–H and O–H groups in total. The number of esters is 4. The summed E-state index contributed by atoms with van der Waals surface area (Å²) in [5.41, 5.74) is 0.709. The van der Waals surface area contributed by atoms with Gasteiger partial charge in [-0.05, 0) is 23.7 Å². The first-order chi connectivity index (χ1) is 17.5. The Morgan fingerprint density at radius 1 is 0.811 bits per heavy atom. The molecule has 1 fully saturated rings.